The molecule has 1 aromatic rings. The Bertz CT molecular complexity index is 407. The summed E-state index contributed by atoms with van der Waals surface area (Å²) < 4.78 is 9.62. The first kappa shape index (κ1) is 15.1. The quantitative estimate of drug-likeness (QED) is 0.671. The van der Waals surface area contributed by atoms with Crippen LogP contribution < -0.4 is 5.32 Å². The fourth-order valence-corrected chi connectivity index (χ4v) is 1.39. The van der Waals surface area contributed by atoms with E-state index in [0.29, 0.717) is 6.61 Å². The molecule has 0 aliphatic rings. The van der Waals surface area contributed by atoms with E-state index in [9.17, 15) is 9.59 Å². The zero-order valence-electron chi connectivity index (χ0n) is 10.7. The molecule has 0 heterocycles. The number of ether oxygens (including phenoxy) is 2. The van der Waals surface area contributed by atoms with Gasteiger partial charge in [0.15, 0.2) is 6.04 Å². The predicted molar refractivity (Wildman–Crippen MR) is 67.1 cm³/mol. The van der Waals surface area contributed by atoms with Gasteiger partial charge in [0.05, 0.1) is 20.3 Å². The smallest absolute Gasteiger partial charge is 0.330 e. The van der Waals surface area contributed by atoms with Gasteiger partial charge in [-0.2, -0.15) is 0 Å². The SMILES string of the molecule is COC(=O)[C@H](CO)NC(=O)COCc1ccccc1. The second-order valence-corrected chi connectivity index (χ2v) is 3.80. The molecule has 1 rings (SSSR count). The third-order valence-corrected chi connectivity index (χ3v) is 2.35. The van der Waals surface area contributed by atoms with Gasteiger partial charge in [-0.15, -0.1) is 0 Å². The molecule has 0 bridgehead atoms. The Balaban J connectivity index is 2.29. The van der Waals surface area contributed by atoms with E-state index >= 15 is 0 Å². The van der Waals surface area contributed by atoms with Crippen molar-refractivity contribution >= 4 is 11.9 Å². The van der Waals surface area contributed by atoms with Crippen molar-refractivity contribution in [1.29, 1.82) is 0 Å². The number of aliphatic hydroxyl groups is 1. The number of hydrogen-bond donors (Lipinski definition) is 2. The molecule has 0 saturated carbocycles. The minimum Gasteiger partial charge on any atom is -0.467 e. The van der Waals surface area contributed by atoms with Crippen molar-refractivity contribution in [3.63, 3.8) is 0 Å². The van der Waals surface area contributed by atoms with Crippen LogP contribution in [0.3, 0.4) is 0 Å². The summed E-state index contributed by atoms with van der Waals surface area (Å²) in [4.78, 5) is 22.6. The molecule has 1 amide bonds. The van der Waals surface area contributed by atoms with Gasteiger partial charge in [0.2, 0.25) is 5.91 Å². The summed E-state index contributed by atoms with van der Waals surface area (Å²) in [6.45, 7) is -0.407. The van der Waals surface area contributed by atoms with Crippen LogP contribution in [0, 0.1) is 0 Å². The average Bonchev–Trinajstić information content (AvgIpc) is 2.45. The number of esters is 1. The van der Waals surface area contributed by atoms with Gasteiger partial charge in [-0.05, 0) is 5.56 Å². The van der Waals surface area contributed by atoms with Gasteiger partial charge < -0.3 is 19.9 Å². The largest absolute Gasteiger partial charge is 0.467 e. The average molecular weight is 267 g/mol. The second kappa shape index (κ2) is 8.23. The zero-order chi connectivity index (χ0) is 14.1. The molecule has 0 aromatic heterocycles. The molecule has 0 aliphatic heterocycles. The summed E-state index contributed by atoms with van der Waals surface area (Å²) in [7, 11) is 1.18. The highest BCUT2D eigenvalue weighted by atomic mass is 16.5. The van der Waals surface area contributed by atoms with E-state index in [1.54, 1.807) is 0 Å². The maximum Gasteiger partial charge on any atom is 0.330 e. The molecule has 0 radical (unpaired) electrons. The Morgan fingerprint density at radius 1 is 1.32 bits per heavy atom. The molecular formula is C13H17NO5. The molecule has 0 saturated heterocycles. The Morgan fingerprint density at radius 2 is 2.00 bits per heavy atom. The van der Waals surface area contributed by atoms with E-state index in [0.717, 1.165) is 5.56 Å². The molecule has 0 unspecified atom stereocenters. The van der Waals surface area contributed by atoms with Crippen LogP contribution in [0.15, 0.2) is 30.3 Å². The van der Waals surface area contributed by atoms with E-state index in [1.807, 2.05) is 30.3 Å². The molecule has 1 aromatic carbocycles. The van der Waals surface area contributed by atoms with Gasteiger partial charge in [0.1, 0.15) is 6.61 Å². The van der Waals surface area contributed by atoms with Gasteiger partial charge in [0, 0.05) is 0 Å². The highest BCUT2D eigenvalue weighted by Crippen LogP contribution is 2.00. The molecule has 0 aliphatic carbocycles. The van der Waals surface area contributed by atoms with Crippen molar-refractivity contribution in [2.75, 3.05) is 20.3 Å². The van der Waals surface area contributed by atoms with Crippen LogP contribution in [0.2, 0.25) is 0 Å². The third kappa shape index (κ3) is 5.50. The summed E-state index contributed by atoms with van der Waals surface area (Å²) in [5.41, 5.74) is 0.946. The lowest BCUT2D eigenvalue weighted by Crippen LogP contribution is -2.45. The van der Waals surface area contributed by atoms with Crippen LogP contribution in [0.5, 0.6) is 0 Å². The highest BCUT2D eigenvalue weighted by molar-refractivity contribution is 5.85. The standard InChI is InChI=1S/C13H17NO5/c1-18-13(17)11(7-15)14-12(16)9-19-8-10-5-3-2-4-6-10/h2-6,11,15H,7-9H2,1H3,(H,14,16)/t11-/m0/s1. The van der Waals surface area contributed by atoms with Crippen LogP contribution >= 0.6 is 0 Å². The third-order valence-electron chi connectivity index (χ3n) is 2.35. The van der Waals surface area contributed by atoms with Gasteiger partial charge >= 0.3 is 5.97 Å². The van der Waals surface area contributed by atoms with Crippen LogP contribution in [0.4, 0.5) is 0 Å². The lowest BCUT2D eigenvalue weighted by molar-refractivity contribution is -0.146. The molecule has 19 heavy (non-hydrogen) atoms. The number of carbonyl (C=O) groups excluding carboxylic acids is 2. The molecule has 6 nitrogen and oxygen atoms in total. The summed E-state index contributed by atoms with van der Waals surface area (Å²) in [6.07, 6.45) is 0. The molecule has 104 valence electrons. The number of nitrogens with one attached hydrogen (secondary N) is 1. The van der Waals surface area contributed by atoms with E-state index < -0.39 is 24.5 Å². The number of benzene rings is 1. The Morgan fingerprint density at radius 3 is 2.58 bits per heavy atom. The molecule has 0 spiro atoms. The van der Waals surface area contributed by atoms with Crippen molar-refractivity contribution < 1.29 is 24.2 Å². The lowest BCUT2D eigenvalue weighted by atomic mass is 10.2. The molecular weight excluding hydrogens is 250 g/mol. The van der Waals surface area contributed by atoms with Crippen molar-refractivity contribution in [2.45, 2.75) is 12.6 Å². The van der Waals surface area contributed by atoms with Crippen molar-refractivity contribution in [3.05, 3.63) is 35.9 Å². The molecule has 0 fully saturated rings. The van der Waals surface area contributed by atoms with Crippen LogP contribution in [-0.2, 0) is 25.7 Å². The summed E-state index contributed by atoms with van der Waals surface area (Å²) >= 11 is 0. The number of aliphatic hydroxyl groups excluding tert-OH is 1. The normalized spacial score (nSPS) is 11.7. The van der Waals surface area contributed by atoms with Crippen LogP contribution in [0.1, 0.15) is 5.56 Å². The van der Waals surface area contributed by atoms with Crippen molar-refractivity contribution in [2.24, 2.45) is 0 Å². The van der Waals surface area contributed by atoms with E-state index in [1.165, 1.54) is 7.11 Å². The van der Waals surface area contributed by atoms with E-state index in [4.69, 9.17) is 9.84 Å². The second-order valence-electron chi connectivity index (χ2n) is 3.80. The maximum absolute atomic E-state index is 11.5. The Labute approximate surface area is 111 Å². The monoisotopic (exact) mass is 267 g/mol. The highest BCUT2D eigenvalue weighted by Gasteiger charge is 2.20. The van der Waals surface area contributed by atoms with Gasteiger partial charge in [-0.25, -0.2) is 4.79 Å². The first-order valence-corrected chi connectivity index (χ1v) is 5.77. The van der Waals surface area contributed by atoms with E-state index in [-0.39, 0.29) is 6.61 Å². The summed E-state index contributed by atoms with van der Waals surface area (Å²) in [5, 5.41) is 11.2. The Kier molecular flexibility index (Phi) is 6.56. The predicted octanol–water partition coefficient (Wildman–Crippen LogP) is -0.147. The molecule has 1 atom stereocenters. The maximum atomic E-state index is 11.5. The van der Waals surface area contributed by atoms with Gasteiger partial charge in [-0.3, -0.25) is 4.79 Å². The topological polar surface area (TPSA) is 84.9 Å². The van der Waals surface area contributed by atoms with Gasteiger partial charge in [-0.1, -0.05) is 30.3 Å². The molecule has 2 N–H and O–H groups in total. The number of methoxy groups -OCH3 is 1. The van der Waals surface area contributed by atoms with Crippen LogP contribution in [0.25, 0.3) is 0 Å². The first-order valence-electron chi connectivity index (χ1n) is 5.77. The van der Waals surface area contributed by atoms with Gasteiger partial charge in [0.25, 0.3) is 0 Å². The lowest BCUT2D eigenvalue weighted by Gasteiger charge is -2.13. The summed E-state index contributed by atoms with van der Waals surface area (Å²) in [6, 6.07) is 8.33. The first-order chi connectivity index (χ1) is 9.17. The number of hydrogen-bond acceptors (Lipinski definition) is 5. The fourth-order valence-electron chi connectivity index (χ4n) is 1.39. The zero-order valence-corrected chi connectivity index (χ0v) is 10.7. The van der Waals surface area contributed by atoms with Crippen molar-refractivity contribution in [1.82, 2.24) is 5.32 Å². The van der Waals surface area contributed by atoms with Crippen molar-refractivity contribution in [3.8, 4) is 0 Å². The fraction of sp³-hybridized carbons (Fsp3) is 0.385. The minimum absolute atomic E-state index is 0.192. The minimum atomic E-state index is -1.06. The molecule has 6 heteroatoms. The number of rotatable bonds is 7. The van der Waals surface area contributed by atoms with E-state index in [2.05, 4.69) is 10.1 Å². The summed E-state index contributed by atoms with van der Waals surface area (Å²) in [5.74, 6) is -1.18. The van der Waals surface area contributed by atoms with Crippen LogP contribution in [-0.4, -0.2) is 43.3 Å². The Hall–Kier alpha value is -1.92. The number of carbonyl (C=O) groups is 2. The number of amides is 1.